The van der Waals surface area contributed by atoms with E-state index in [-0.39, 0.29) is 11.6 Å². The maximum absolute atomic E-state index is 14.1. The van der Waals surface area contributed by atoms with Crippen LogP contribution in [0.25, 0.3) is 16.7 Å². The zero-order chi connectivity index (χ0) is 18.7. The summed E-state index contributed by atoms with van der Waals surface area (Å²) in [5.41, 5.74) is 2.53. The first-order valence-corrected chi connectivity index (χ1v) is 9.38. The van der Waals surface area contributed by atoms with Crippen molar-refractivity contribution in [3.05, 3.63) is 57.8 Å². The van der Waals surface area contributed by atoms with Gasteiger partial charge in [0.15, 0.2) is 0 Å². The maximum atomic E-state index is 14.1. The lowest BCUT2D eigenvalue weighted by Gasteiger charge is -2.32. The molecule has 5 rings (SSSR count). The second kappa shape index (κ2) is 5.95. The lowest BCUT2D eigenvalue weighted by molar-refractivity contribution is 0.622. The third kappa shape index (κ3) is 2.50. The Morgan fingerprint density at radius 3 is 2.78 bits per heavy atom. The Morgan fingerprint density at radius 2 is 1.93 bits per heavy atom. The Hall–Kier alpha value is -2.61. The molecule has 0 fully saturated rings. The van der Waals surface area contributed by atoms with E-state index in [0.29, 0.717) is 29.4 Å². The number of nitrogens with zero attached hydrogens (tertiary/aromatic N) is 5. The van der Waals surface area contributed by atoms with E-state index in [1.54, 1.807) is 10.5 Å². The van der Waals surface area contributed by atoms with E-state index in [4.69, 9.17) is 0 Å². The monoisotopic (exact) mass is 429 g/mol. The number of hydrogen-bond donors (Lipinski definition) is 0. The number of aromatic nitrogens is 4. The first-order chi connectivity index (χ1) is 13.0. The topological polar surface area (TPSA) is 46.3 Å². The quantitative estimate of drug-likeness (QED) is 0.439. The molecule has 0 radical (unpaired) electrons. The fourth-order valence-electron chi connectivity index (χ4n) is 3.78. The summed E-state index contributed by atoms with van der Waals surface area (Å²) in [6.45, 7) is 2.48. The molecule has 0 saturated carbocycles. The van der Waals surface area contributed by atoms with Gasteiger partial charge in [-0.15, -0.1) is 10.2 Å². The maximum Gasteiger partial charge on any atom is 0.257 e. The van der Waals surface area contributed by atoms with Crippen LogP contribution in [-0.2, 0) is 6.42 Å². The summed E-state index contributed by atoms with van der Waals surface area (Å²) >= 11 is 3.46. The number of aryl methyl sites for hydroxylation is 1. The molecule has 8 heteroatoms. The van der Waals surface area contributed by atoms with E-state index in [1.807, 2.05) is 11.8 Å². The minimum absolute atomic E-state index is 0.331. The molecule has 0 bridgehead atoms. The highest BCUT2D eigenvalue weighted by Crippen LogP contribution is 2.40. The van der Waals surface area contributed by atoms with Crippen LogP contribution in [0.15, 0.2) is 34.8 Å². The van der Waals surface area contributed by atoms with Crippen molar-refractivity contribution >= 4 is 44.1 Å². The highest BCUT2D eigenvalue weighted by atomic mass is 79.9. The summed E-state index contributed by atoms with van der Waals surface area (Å²) in [5, 5.41) is 8.87. The summed E-state index contributed by atoms with van der Waals surface area (Å²) in [5.74, 6) is 0.983. The molecule has 0 N–H and O–H groups in total. The molecule has 0 unspecified atom stereocenters. The Bertz CT molecular complexity index is 1220. The first-order valence-electron chi connectivity index (χ1n) is 8.59. The van der Waals surface area contributed by atoms with Gasteiger partial charge in [0.25, 0.3) is 5.78 Å². The van der Waals surface area contributed by atoms with Crippen LogP contribution >= 0.6 is 15.9 Å². The second-order valence-electron chi connectivity index (χ2n) is 6.62. The SMILES string of the molecule is Cc1nnc2nc(N3CCCc4c(Br)cc(F)cc43)c3cc(F)ccc3n12. The van der Waals surface area contributed by atoms with Gasteiger partial charge in [-0.2, -0.15) is 4.98 Å². The number of halogens is 3. The largest absolute Gasteiger partial charge is 0.325 e. The molecular formula is C19H14BrF2N5. The standard InChI is InChI=1S/C19H14BrF2N5/c1-10-24-25-19-23-18(14-7-11(21)4-5-16(14)27(10)19)26-6-2-3-13-15(20)8-12(22)9-17(13)26/h4-5,7-9H,2-3,6H2,1H3. The number of fused-ring (bicyclic) bond motifs is 4. The number of hydrogen-bond acceptors (Lipinski definition) is 4. The fraction of sp³-hybridized carbons (Fsp3) is 0.211. The molecule has 0 saturated heterocycles. The molecule has 27 heavy (non-hydrogen) atoms. The Labute approximate surface area is 161 Å². The van der Waals surface area contributed by atoms with Gasteiger partial charge in [0.2, 0.25) is 0 Å². The molecule has 4 aromatic rings. The van der Waals surface area contributed by atoms with Gasteiger partial charge in [0.05, 0.1) is 5.52 Å². The average Bonchev–Trinajstić information content (AvgIpc) is 3.01. The van der Waals surface area contributed by atoms with Crippen molar-refractivity contribution in [2.24, 2.45) is 0 Å². The van der Waals surface area contributed by atoms with Crippen LogP contribution in [0, 0.1) is 18.6 Å². The van der Waals surface area contributed by atoms with Crippen LogP contribution in [0.3, 0.4) is 0 Å². The van der Waals surface area contributed by atoms with Crippen molar-refractivity contribution in [1.29, 1.82) is 0 Å². The average molecular weight is 430 g/mol. The summed E-state index contributed by atoms with van der Waals surface area (Å²) in [4.78, 5) is 6.60. The van der Waals surface area contributed by atoms with E-state index in [9.17, 15) is 8.78 Å². The van der Waals surface area contributed by atoms with Crippen LogP contribution in [-0.4, -0.2) is 26.1 Å². The van der Waals surface area contributed by atoms with E-state index in [1.165, 1.54) is 24.3 Å². The molecule has 1 aliphatic heterocycles. The third-order valence-electron chi connectivity index (χ3n) is 4.95. The molecule has 1 aliphatic rings. The molecule has 2 aromatic carbocycles. The lowest BCUT2D eigenvalue weighted by Crippen LogP contribution is -2.26. The van der Waals surface area contributed by atoms with Gasteiger partial charge >= 0.3 is 0 Å². The zero-order valence-corrected chi connectivity index (χ0v) is 16.0. The van der Waals surface area contributed by atoms with Gasteiger partial charge in [-0.25, -0.2) is 8.78 Å². The predicted molar refractivity (Wildman–Crippen MR) is 102 cm³/mol. The highest BCUT2D eigenvalue weighted by Gasteiger charge is 2.25. The summed E-state index contributed by atoms with van der Waals surface area (Å²) in [7, 11) is 0. The van der Waals surface area contributed by atoms with E-state index in [0.717, 1.165) is 34.1 Å². The van der Waals surface area contributed by atoms with Gasteiger partial charge in [0.1, 0.15) is 23.3 Å². The van der Waals surface area contributed by atoms with Gasteiger partial charge in [-0.1, -0.05) is 15.9 Å². The van der Waals surface area contributed by atoms with Crippen LogP contribution in [0.4, 0.5) is 20.3 Å². The van der Waals surface area contributed by atoms with Crippen molar-refractivity contribution < 1.29 is 8.78 Å². The van der Waals surface area contributed by atoms with Gasteiger partial charge in [0, 0.05) is 22.1 Å². The zero-order valence-electron chi connectivity index (χ0n) is 14.4. The van der Waals surface area contributed by atoms with E-state index >= 15 is 0 Å². The highest BCUT2D eigenvalue weighted by molar-refractivity contribution is 9.10. The Kier molecular flexibility index (Phi) is 3.65. The molecule has 3 heterocycles. The van der Waals surface area contributed by atoms with Gasteiger partial charge < -0.3 is 4.90 Å². The van der Waals surface area contributed by atoms with Crippen LogP contribution in [0.2, 0.25) is 0 Å². The summed E-state index contributed by atoms with van der Waals surface area (Å²) < 4.78 is 30.7. The molecular weight excluding hydrogens is 416 g/mol. The predicted octanol–water partition coefficient (Wildman–Crippen LogP) is 4.71. The Balaban J connectivity index is 1.85. The molecule has 136 valence electrons. The van der Waals surface area contributed by atoms with Crippen molar-refractivity contribution in [1.82, 2.24) is 19.6 Å². The molecule has 0 atom stereocenters. The molecule has 0 amide bonds. The van der Waals surface area contributed by atoms with Crippen molar-refractivity contribution in [3.63, 3.8) is 0 Å². The summed E-state index contributed by atoms with van der Waals surface area (Å²) in [6, 6.07) is 7.54. The van der Waals surface area contributed by atoms with Crippen LogP contribution in [0.5, 0.6) is 0 Å². The van der Waals surface area contributed by atoms with E-state index < -0.39 is 0 Å². The van der Waals surface area contributed by atoms with Crippen LogP contribution < -0.4 is 4.90 Å². The third-order valence-corrected chi connectivity index (χ3v) is 5.65. The lowest BCUT2D eigenvalue weighted by atomic mass is 10.0. The minimum atomic E-state index is -0.353. The number of benzene rings is 2. The van der Waals surface area contributed by atoms with Gasteiger partial charge in [-0.05, 0) is 55.7 Å². The van der Waals surface area contributed by atoms with Crippen molar-refractivity contribution in [2.75, 3.05) is 11.4 Å². The van der Waals surface area contributed by atoms with Crippen molar-refractivity contribution in [2.45, 2.75) is 19.8 Å². The van der Waals surface area contributed by atoms with Crippen LogP contribution in [0.1, 0.15) is 17.8 Å². The number of rotatable bonds is 1. The fourth-order valence-corrected chi connectivity index (χ4v) is 4.40. The van der Waals surface area contributed by atoms with Crippen molar-refractivity contribution in [3.8, 4) is 0 Å². The molecule has 5 nitrogen and oxygen atoms in total. The Morgan fingerprint density at radius 1 is 1.07 bits per heavy atom. The number of anilines is 2. The summed E-state index contributed by atoms with van der Waals surface area (Å²) in [6.07, 6.45) is 1.72. The second-order valence-corrected chi connectivity index (χ2v) is 7.47. The molecule has 2 aromatic heterocycles. The van der Waals surface area contributed by atoms with Gasteiger partial charge in [-0.3, -0.25) is 4.40 Å². The minimum Gasteiger partial charge on any atom is -0.325 e. The first kappa shape index (κ1) is 16.6. The van der Waals surface area contributed by atoms with E-state index in [2.05, 4.69) is 31.1 Å². The molecule has 0 spiro atoms. The molecule has 0 aliphatic carbocycles. The smallest absolute Gasteiger partial charge is 0.257 e. The normalized spacial score (nSPS) is 14.1.